The van der Waals surface area contributed by atoms with Crippen molar-refractivity contribution in [3.8, 4) is 0 Å². The summed E-state index contributed by atoms with van der Waals surface area (Å²) in [6.07, 6.45) is 10.5. The van der Waals surface area contributed by atoms with E-state index in [-0.39, 0.29) is 5.41 Å². The maximum atomic E-state index is 8.86. The minimum Gasteiger partial charge on any atom is -0.396 e. The molecule has 1 unspecified atom stereocenters. The summed E-state index contributed by atoms with van der Waals surface area (Å²) in [6.45, 7) is 3.63. The zero-order valence-electron chi connectivity index (χ0n) is 14.8. The summed E-state index contributed by atoms with van der Waals surface area (Å²) in [4.78, 5) is 0. The SMILES string of the molecule is CCCC(NCCCCCCO)C1(c2ccc(Cl)c(Cl)c2)CCC1. The predicted octanol–water partition coefficient (Wildman–Crippen LogP) is 5.73. The molecule has 1 aliphatic carbocycles. The third kappa shape index (κ3) is 4.88. The number of hydrogen-bond acceptors (Lipinski definition) is 2. The molecule has 1 fully saturated rings. The molecule has 1 saturated carbocycles. The zero-order chi connectivity index (χ0) is 17.4. The second-order valence-electron chi connectivity index (χ2n) is 7.07. The van der Waals surface area contributed by atoms with Gasteiger partial charge in [0.2, 0.25) is 0 Å². The topological polar surface area (TPSA) is 32.3 Å². The first-order valence-electron chi connectivity index (χ1n) is 9.44. The summed E-state index contributed by atoms with van der Waals surface area (Å²) >= 11 is 12.4. The van der Waals surface area contributed by atoms with E-state index in [2.05, 4.69) is 24.4 Å². The number of aliphatic hydroxyl groups excluding tert-OH is 1. The maximum Gasteiger partial charge on any atom is 0.0595 e. The lowest BCUT2D eigenvalue weighted by atomic mass is 9.59. The Morgan fingerprint density at radius 2 is 1.88 bits per heavy atom. The van der Waals surface area contributed by atoms with E-state index >= 15 is 0 Å². The van der Waals surface area contributed by atoms with Crippen LogP contribution >= 0.6 is 23.2 Å². The molecule has 136 valence electrons. The van der Waals surface area contributed by atoms with Crippen molar-refractivity contribution in [3.05, 3.63) is 33.8 Å². The molecule has 4 heteroatoms. The third-order valence-corrected chi connectivity index (χ3v) is 6.20. The van der Waals surface area contributed by atoms with Crippen LogP contribution in [-0.2, 0) is 5.41 Å². The average molecular weight is 372 g/mol. The van der Waals surface area contributed by atoms with Crippen molar-refractivity contribution in [2.24, 2.45) is 0 Å². The molecular weight excluding hydrogens is 341 g/mol. The zero-order valence-corrected chi connectivity index (χ0v) is 16.3. The van der Waals surface area contributed by atoms with Gasteiger partial charge >= 0.3 is 0 Å². The monoisotopic (exact) mass is 371 g/mol. The summed E-state index contributed by atoms with van der Waals surface area (Å²) in [7, 11) is 0. The second-order valence-corrected chi connectivity index (χ2v) is 7.89. The lowest BCUT2D eigenvalue weighted by Crippen LogP contribution is -2.53. The van der Waals surface area contributed by atoms with E-state index in [4.69, 9.17) is 28.3 Å². The maximum absolute atomic E-state index is 8.86. The first-order valence-corrected chi connectivity index (χ1v) is 10.2. The highest BCUT2D eigenvalue weighted by atomic mass is 35.5. The molecule has 2 N–H and O–H groups in total. The van der Waals surface area contributed by atoms with Crippen LogP contribution in [0.4, 0.5) is 0 Å². The van der Waals surface area contributed by atoms with Crippen LogP contribution in [0, 0.1) is 0 Å². The van der Waals surface area contributed by atoms with Crippen molar-refractivity contribution in [2.45, 2.75) is 76.2 Å². The Morgan fingerprint density at radius 1 is 1.12 bits per heavy atom. The van der Waals surface area contributed by atoms with Gasteiger partial charge in [-0.25, -0.2) is 0 Å². The van der Waals surface area contributed by atoms with Crippen LogP contribution < -0.4 is 5.32 Å². The van der Waals surface area contributed by atoms with Crippen molar-refractivity contribution >= 4 is 23.2 Å². The number of unbranched alkanes of at least 4 members (excludes halogenated alkanes) is 3. The standard InChI is InChI=1S/C20H31Cl2NO/c1-2-8-19(23-13-5-3-4-6-14-24)20(11-7-12-20)16-9-10-17(21)18(22)15-16/h9-10,15,19,23-24H,2-8,11-14H2,1H3. The number of aliphatic hydroxyl groups is 1. The van der Waals surface area contributed by atoms with E-state index in [1.807, 2.05) is 6.07 Å². The smallest absolute Gasteiger partial charge is 0.0595 e. The van der Waals surface area contributed by atoms with Crippen molar-refractivity contribution in [1.82, 2.24) is 5.32 Å². The molecule has 0 saturated heterocycles. The first-order chi connectivity index (χ1) is 11.6. The largest absolute Gasteiger partial charge is 0.396 e. The highest BCUT2D eigenvalue weighted by Gasteiger charge is 2.44. The van der Waals surface area contributed by atoms with Gasteiger partial charge in [-0.2, -0.15) is 0 Å². The van der Waals surface area contributed by atoms with Gasteiger partial charge in [-0.15, -0.1) is 0 Å². The molecule has 0 amide bonds. The lowest BCUT2D eigenvalue weighted by Gasteiger charge is -2.49. The van der Waals surface area contributed by atoms with Gasteiger partial charge in [-0.3, -0.25) is 0 Å². The van der Waals surface area contributed by atoms with Crippen molar-refractivity contribution in [2.75, 3.05) is 13.2 Å². The Labute approximate surface area is 156 Å². The van der Waals surface area contributed by atoms with E-state index in [0.29, 0.717) is 22.7 Å². The summed E-state index contributed by atoms with van der Waals surface area (Å²) in [6, 6.07) is 6.69. The molecule has 0 radical (unpaired) electrons. The molecule has 24 heavy (non-hydrogen) atoms. The normalized spacial score (nSPS) is 17.5. The molecule has 1 atom stereocenters. The molecule has 1 aliphatic rings. The Bertz CT molecular complexity index is 502. The van der Waals surface area contributed by atoms with Crippen LogP contribution in [0.2, 0.25) is 10.0 Å². The van der Waals surface area contributed by atoms with Crippen molar-refractivity contribution < 1.29 is 5.11 Å². The number of rotatable bonds is 11. The minimum atomic E-state index is 0.218. The van der Waals surface area contributed by atoms with Gasteiger partial charge < -0.3 is 10.4 Å². The number of hydrogen-bond donors (Lipinski definition) is 2. The van der Waals surface area contributed by atoms with Crippen LogP contribution in [0.25, 0.3) is 0 Å². The van der Waals surface area contributed by atoms with Gasteiger partial charge in [0.15, 0.2) is 0 Å². The van der Waals surface area contributed by atoms with Gasteiger partial charge in [0.25, 0.3) is 0 Å². The Balaban J connectivity index is 2.01. The van der Waals surface area contributed by atoms with Crippen LogP contribution in [0.5, 0.6) is 0 Å². The van der Waals surface area contributed by atoms with E-state index < -0.39 is 0 Å². The van der Waals surface area contributed by atoms with E-state index in [1.165, 1.54) is 50.5 Å². The van der Waals surface area contributed by atoms with Crippen molar-refractivity contribution in [1.29, 1.82) is 0 Å². The Kier molecular flexibility index (Phi) is 8.36. The summed E-state index contributed by atoms with van der Waals surface area (Å²) in [5.41, 5.74) is 1.56. The Hall–Kier alpha value is -0.280. The fourth-order valence-electron chi connectivity index (χ4n) is 3.93. The van der Waals surface area contributed by atoms with Gasteiger partial charge in [-0.1, -0.05) is 61.9 Å². The van der Waals surface area contributed by atoms with E-state index in [9.17, 15) is 0 Å². The molecule has 1 aromatic rings. The number of benzene rings is 1. The van der Waals surface area contributed by atoms with Crippen LogP contribution in [0.15, 0.2) is 18.2 Å². The van der Waals surface area contributed by atoms with Gasteiger partial charge in [0, 0.05) is 18.1 Å². The van der Waals surface area contributed by atoms with Crippen LogP contribution in [-0.4, -0.2) is 24.3 Å². The average Bonchev–Trinajstić information content (AvgIpc) is 2.53. The molecule has 0 aliphatic heterocycles. The molecule has 0 aromatic heterocycles. The second kappa shape index (κ2) is 10.0. The highest BCUT2D eigenvalue weighted by molar-refractivity contribution is 6.42. The highest BCUT2D eigenvalue weighted by Crippen LogP contribution is 2.48. The molecule has 0 heterocycles. The molecule has 0 spiro atoms. The van der Waals surface area contributed by atoms with E-state index in [1.54, 1.807) is 0 Å². The predicted molar refractivity (Wildman–Crippen MR) is 104 cm³/mol. The van der Waals surface area contributed by atoms with Crippen molar-refractivity contribution in [3.63, 3.8) is 0 Å². The first kappa shape index (κ1) is 20.0. The molecule has 2 rings (SSSR count). The number of halogens is 2. The van der Waals surface area contributed by atoms with Crippen LogP contribution in [0.3, 0.4) is 0 Å². The lowest BCUT2D eigenvalue weighted by molar-refractivity contribution is 0.160. The molecule has 2 nitrogen and oxygen atoms in total. The minimum absolute atomic E-state index is 0.218. The van der Waals surface area contributed by atoms with Gasteiger partial charge in [0.05, 0.1) is 10.0 Å². The van der Waals surface area contributed by atoms with Gasteiger partial charge in [-0.05, 0) is 56.3 Å². The fraction of sp³-hybridized carbons (Fsp3) is 0.700. The fourth-order valence-corrected chi connectivity index (χ4v) is 4.23. The van der Waals surface area contributed by atoms with E-state index in [0.717, 1.165) is 19.4 Å². The summed E-state index contributed by atoms with van der Waals surface area (Å²) in [5.74, 6) is 0. The summed E-state index contributed by atoms with van der Waals surface area (Å²) in [5, 5.41) is 14.0. The van der Waals surface area contributed by atoms with Crippen LogP contribution in [0.1, 0.15) is 70.3 Å². The Morgan fingerprint density at radius 3 is 2.46 bits per heavy atom. The number of nitrogens with one attached hydrogen (secondary N) is 1. The van der Waals surface area contributed by atoms with Gasteiger partial charge in [0.1, 0.15) is 0 Å². The molecule has 1 aromatic carbocycles. The molecule has 0 bridgehead atoms. The quantitative estimate of drug-likeness (QED) is 0.487. The molecular formula is C20H31Cl2NO. The third-order valence-electron chi connectivity index (χ3n) is 5.46. The summed E-state index contributed by atoms with van der Waals surface area (Å²) < 4.78 is 0.